The van der Waals surface area contributed by atoms with Crippen LogP contribution in [0.5, 0.6) is 0 Å². The van der Waals surface area contributed by atoms with Gasteiger partial charge in [-0.2, -0.15) is 0 Å². The van der Waals surface area contributed by atoms with Crippen molar-refractivity contribution in [2.45, 2.75) is 51.9 Å². The van der Waals surface area contributed by atoms with E-state index in [9.17, 15) is 9.59 Å². The zero-order valence-electron chi connectivity index (χ0n) is 11.1. The predicted octanol–water partition coefficient (Wildman–Crippen LogP) is 3.06. The molecule has 0 bridgehead atoms. The third-order valence-corrected chi connectivity index (χ3v) is 2.65. The van der Waals surface area contributed by atoms with Crippen molar-refractivity contribution in [1.82, 2.24) is 0 Å². The summed E-state index contributed by atoms with van der Waals surface area (Å²) < 4.78 is 9.72. The van der Waals surface area contributed by atoms with E-state index in [4.69, 9.17) is 21.1 Å². The number of hydrogen-bond donors (Lipinski definition) is 0. The third kappa shape index (κ3) is 11.7. The predicted molar refractivity (Wildman–Crippen MR) is 70.6 cm³/mol. The van der Waals surface area contributed by atoms with Gasteiger partial charge < -0.3 is 9.47 Å². The number of rotatable bonds is 11. The van der Waals surface area contributed by atoms with Crippen molar-refractivity contribution in [2.24, 2.45) is 0 Å². The molecule has 0 fully saturated rings. The fourth-order valence-electron chi connectivity index (χ4n) is 1.42. The molecular formula is C13H23ClO4. The lowest BCUT2D eigenvalue weighted by Gasteiger charge is -2.04. The lowest BCUT2D eigenvalue weighted by atomic mass is 10.2. The quantitative estimate of drug-likeness (QED) is 0.331. The van der Waals surface area contributed by atoms with Crippen LogP contribution >= 0.6 is 11.6 Å². The highest BCUT2D eigenvalue weighted by molar-refractivity contribution is 6.17. The monoisotopic (exact) mass is 278 g/mol. The second-order valence-corrected chi connectivity index (χ2v) is 4.36. The lowest BCUT2D eigenvalue weighted by molar-refractivity contribution is -0.150. The van der Waals surface area contributed by atoms with Gasteiger partial charge in [0.15, 0.2) is 0 Å². The summed E-state index contributed by atoms with van der Waals surface area (Å²) in [5, 5.41) is 0. The van der Waals surface area contributed by atoms with E-state index >= 15 is 0 Å². The van der Waals surface area contributed by atoms with Crippen molar-refractivity contribution >= 4 is 23.5 Å². The van der Waals surface area contributed by atoms with Crippen molar-refractivity contribution in [3.63, 3.8) is 0 Å². The SMILES string of the molecule is CCOC(=O)CCC(=O)OCCCCCCCCl. The van der Waals surface area contributed by atoms with E-state index in [1.165, 1.54) is 0 Å². The molecule has 0 aromatic heterocycles. The van der Waals surface area contributed by atoms with Crippen molar-refractivity contribution < 1.29 is 19.1 Å². The van der Waals surface area contributed by atoms with Gasteiger partial charge in [-0.25, -0.2) is 0 Å². The Morgan fingerprint density at radius 3 is 2.06 bits per heavy atom. The second kappa shape index (κ2) is 12.7. The molecule has 5 heteroatoms. The maximum atomic E-state index is 11.2. The number of alkyl halides is 1. The molecule has 0 N–H and O–H groups in total. The molecule has 4 nitrogen and oxygen atoms in total. The first-order chi connectivity index (χ1) is 8.70. The molecule has 0 unspecified atom stereocenters. The first-order valence-electron chi connectivity index (χ1n) is 6.58. The number of carbonyl (C=O) groups is 2. The van der Waals surface area contributed by atoms with E-state index in [0.29, 0.717) is 19.1 Å². The van der Waals surface area contributed by atoms with E-state index < -0.39 is 0 Å². The molecule has 0 rings (SSSR count). The number of esters is 2. The first-order valence-corrected chi connectivity index (χ1v) is 7.11. The summed E-state index contributed by atoms with van der Waals surface area (Å²) in [7, 11) is 0. The van der Waals surface area contributed by atoms with Crippen LogP contribution in [0, 0.1) is 0 Å². The van der Waals surface area contributed by atoms with Gasteiger partial charge in [0.05, 0.1) is 26.1 Å². The molecule has 0 saturated carbocycles. The smallest absolute Gasteiger partial charge is 0.306 e. The maximum Gasteiger partial charge on any atom is 0.306 e. The molecule has 0 aliphatic heterocycles. The van der Waals surface area contributed by atoms with Crippen molar-refractivity contribution in [3.05, 3.63) is 0 Å². The third-order valence-electron chi connectivity index (χ3n) is 2.38. The van der Waals surface area contributed by atoms with Crippen LogP contribution in [0.3, 0.4) is 0 Å². The van der Waals surface area contributed by atoms with Gasteiger partial charge in [-0.05, 0) is 19.8 Å². The number of carbonyl (C=O) groups excluding carboxylic acids is 2. The molecule has 0 heterocycles. The number of unbranched alkanes of at least 4 members (excludes halogenated alkanes) is 4. The average molecular weight is 279 g/mol. The van der Waals surface area contributed by atoms with Crippen molar-refractivity contribution in [2.75, 3.05) is 19.1 Å². The minimum absolute atomic E-state index is 0.0996. The van der Waals surface area contributed by atoms with Crippen LogP contribution in [0.1, 0.15) is 51.9 Å². The highest BCUT2D eigenvalue weighted by Gasteiger charge is 2.08. The van der Waals surface area contributed by atoms with E-state index in [0.717, 1.165) is 32.1 Å². The van der Waals surface area contributed by atoms with Crippen molar-refractivity contribution in [3.8, 4) is 0 Å². The van der Waals surface area contributed by atoms with Crippen LogP contribution in [-0.4, -0.2) is 31.0 Å². The van der Waals surface area contributed by atoms with Crippen LogP contribution < -0.4 is 0 Å². The second-order valence-electron chi connectivity index (χ2n) is 3.98. The Kier molecular flexibility index (Phi) is 12.1. The summed E-state index contributed by atoms with van der Waals surface area (Å²) in [5.74, 6) is 0.0300. The Bertz CT molecular complexity index is 231. The molecule has 0 radical (unpaired) electrons. The first kappa shape index (κ1) is 17.2. The summed E-state index contributed by atoms with van der Waals surface area (Å²) >= 11 is 5.56. The van der Waals surface area contributed by atoms with E-state index in [2.05, 4.69) is 0 Å². The Morgan fingerprint density at radius 2 is 1.44 bits per heavy atom. The Balaban J connectivity index is 3.29. The van der Waals surface area contributed by atoms with Gasteiger partial charge in [-0.1, -0.05) is 19.3 Å². The minimum Gasteiger partial charge on any atom is -0.466 e. The molecule has 0 atom stereocenters. The van der Waals surface area contributed by atoms with Crippen LogP contribution in [0.15, 0.2) is 0 Å². The molecule has 0 amide bonds. The van der Waals surface area contributed by atoms with Crippen LogP contribution in [0.4, 0.5) is 0 Å². The highest BCUT2D eigenvalue weighted by atomic mass is 35.5. The summed E-state index contributed by atoms with van der Waals surface area (Å²) in [4.78, 5) is 22.2. The fourth-order valence-corrected chi connectivity index (χ4v) is 1.61. The Labute approximate surface area is 114 Å². The summed E-state index contributed by atoms with van der Waals surface area (Å²) in [5.41, 5.74) is 0. The number of ether oxygens (including phenoxy) is 2. The van der Waals surface area contributed by atoms with Gasteiger partial charge in [0, 0.05) is 5.88 Å². The van der Waals surface area contributed by atoms with Crippen LogP contribution in [-0.2, 0) is 19.1 Å². The van der Waals surface area contributed by atoms with Gasteiger partial charge in [-0.15, -0.1) is 11.6 Å². The van der Waals surface area contributed by atoms with Crippen molar-refractivity contribution in [1.29, 1.82) is 0 Å². The Hall–Kier alpha value is -0.770. The molecule has 0 aromatic rings. The van der Waals surface area contributed by atoms with Gasteiger partial charge >= 0.3 is 11.9 Å². The molecule has 18 heavy (non-hydrogen) atoms. The van der Waals surface area contributed by atoms with Gasteiger partial charge in [0.1, 0.15) is 0 Å². The molecular weight excluding hydrogens is 256 g/mol. The van der Waals surface area contributed by atoms with Crippen LogP contribution in [0.25, 0.3) is 0 Å². The standard InChI is InChI=1S/C13H23ClO4/c1-2-17-12(15)8-9-13(16)18-11-7-5-3-4-6-10-14/h2-11H2,1H3. The topological polar surface area (TPSA) is 52.6 Å². The van der Waals surface area contributed by atoms with Gasteiger partial charge in [-0.3, -0.25) is 9.59 Å². The molecule has 0 spiro atoms. The van der Waals surface area contributed by atoms with E-state index in [1.54, 1.807) is 6.92 Å². The molecule has 106 valence electrons. The summed E-state index contributed by atoms with van der Waals surface area (Å²) in [6.07, 6.45) is 5.40. The highest BCUT2D eigenvalue weighted by Crippen LogP contribution is 2.04. The lowest BCUT2D eigenvalue weighted by Crippen LogP contribution is -2.10. The zero-order chi connectivity index (χ0) is 13.6. The normalized spacial score (nSPS) is 10.1. The zero-order valence-corrected chi connectivity index (χ0v) is 11.8. The van der Waals surface area contributed by atoms with E-state index in [1.807, 2.05) is 0 Å². The van der Waals surface area contributed by atoms with E-state index in [-0.39, 0.29) is 24.8 Å². The number of halogens is 1. The molecule has 0 aromatic carbocycles. The average Bonchev–Trinajstić information content (AvgIpc) is 2.35. The molecule has 0 aliphatic rings. The van der Waals surface area contributed by atoms with Gasteiger partial charge in [0.2, 0.25) is 0 Å². The maximum absolute atomic E-state index is 11.2. The summed E-state index contributed by atoms with van der Waals surface area (Å²) in [6.45, 7) is 2.51. The molecule has 0 saturated heterocycles. The molecule has 0 aliphatic carbocycles. The largest absolute Gasteiger partial charge is 0.466 e. The van der Waals surface area contributed by atoms with Gasteiger partial charge in [0.25, 0.3) is 0 Å². The summed E-state index contributed by atoms with van der Waals surface area (Å²) in [6, 6.07) is 0. The minimum atomic E-state index is -0.351. The number of hydrogen-bond acceptors (Lipinski definition) is 4. The fraction of sp³-hybridized carbons (Fsp3) is 0.846. The van der Waals surface area contributed by atoms with Crippen LogP contribution in [0.2, 0.25) is 0 Å². The Morgan fingerprint density at radius 1 is 0.889 bits per heavy atom.